The fourth-order valence-electron chi connectivity index (χ4n) is 3.32. The van der Waals surface area contributed by atoms with Crippen LogP contribution in [-0.2, 0) is 13.6 Å². The van der Waals surface area contributed by atoms with Crippen LogP contribution >= 0.6 is 0 Å². The molecule has 0 aliphatic carbocycles. The molecule has 2 aromatic heterocycles. The van der Waals surface area contributed by atoms with Crippen molar-refractivity contribution in [2.75, 3.05) is 13.7 Å². The van der Waals surface area contributed by atoms with E-state index in [4.69, 9.17) is 4.74 Å². The molecule has 1 aliphatic heterocycles. The second-order valence-electron chi connectivity index (χ2n) is 5.58. The molecule has 3 rings (SSSR count). The Morgan fingerprint density at radius 3 is 2.95 bits per heavy atom. The van der Waals surface area contributed by atoms with Crippen molar-refractivity contribution in [3.05, 3.63) is 41.3 Å². The molecule has 0 aromatic carbocycles. The SMILES string of the molecule is COc1c(C2CCCN2Cc2ccccn2)c(C)nn1C. The molecule has 3 heterocycles. The third-order valence-corrected chi connectivity index (χ3v) is 4.20. The number of aromatic nitrogens is 3. The Hall–Kier alpha value is -1.88. The number of hydrogen-bond acceptors (Lipinski definition) is 4. The summed E-state index contributed by atoms with van der Waals surface area (Å²) in [6.45, 7) is 4.04. The monoisotopic (exact) mass is 286 g/mol. The lowest BCUT2D eigenvalue weighted by molar-refractivity contribution is 0.238. The van der Waals surface area contributed by atoms with Gasteiger partial charge in [-0.25, -0.2) is 4.68 Å². The van der Waals surface area contributed by atoms with Crippen molar-refractivity contribution in [2.45, 2.75) is 32.4 Å². The Bertz CT molecular complexity index is 608. The first kappa shape index (κ1) is 14.1. The van der Waals surface area contributed by atoms with Gasteiger partial charge in [0.2, 0.25) is 5.88 Å². The van der Waals surface area contributed by atoms with Gasteiger partial charge < -0.3 is 4.74 Å². The summed E-state index contributed by atoms with van der Waals surface area (Å²) in [5, 5.41) is 4.52. The van der Waals surface area contributed by atoms with Crippen LogP contribution in [-0.4, -0.2) is 33.3 Å². The molecule has 0 spiro atoms. The van der Waals surface area contributed by atoms with Gasteiger partial charge in [-0.2, -0.15) is 5.10 Å². The summed E-state index contributed by atoms with van der Waals surface area (Å²) in [5.41, 5.74) is 3.41. The van der Waals surface area contributed by atoms with Crippen LogP contribution < -0.4 is 4.74 Å². The second kappa shape index (κ2) is 5.85. The molecule has 0 bridgehead atoms. The normalized spacial score (nSPS) is 19.1. The van der Waals surface area contributed by atoms with E-state index in [1.54, 1.807) is 7.11 Å². The molecule has 0 saturated carbocycles. The highest BCUT2D eigenvalue weighted by Crippen LogP contribution is 2.39. The second-order valence-corrected chi connectivity index (χ2v) is 5.58. The van der Waals surface area contributed by atoms with Gasteiger partial charge in [-0.1, -0.05) is 6.07 Å². The molecule has 1 unspecified atom stereocenters. The van der Waals surface area contributed by atoms with Gasteiger partial charge in [0, 0.05) is 25.8 Å². The first-order valence-electron chi connectivity index (χ1n) is 7.42. The fourth-order valence-corrected chi connectivity index (χ4v) is 3.32. The summed E-state index contributed by atoms with van der Waals surface area (Å²) in [7, 11) is 3.66. The number of aryl methyl sites for hydroxylation is 2. The van der Waals surface area contributed by atoms with Crippen molar-refractivity contribution >= 4 is 0 Å². The van der Waals surface area contributed by atoms with Gasteiger partial charge >= 0.3 is 0 Å². The topological polar surface area (TPSA) is 43.2 Å². The summed E-state index contributed by atoms with van der Waals surface area (Å²) in [5.74, 6) is 0.880. The maximum atomic E-state index is 5.57. The van der Waals surface area contributed by atoms with Crippen LogP contribution in [0.1, 0.15) is 35.8 Å². The zero-order valence-corrected chi connectivity index (χ0v) is 12.9. The summed E-state index contributed by atoms with van der Waals surface area (Å²) < 4.78 is 7.40. The zero-order chi connectivity index (χ0) is 14.8. The van der Waals surface area contributed by atoms with Gasteiger partial charge in [-0.3, -0.25) is 9.88 Å². The maximum Gasteiger partial charge on any atom is 0.216 e. The molecule has 5 nitrogen and oxygen atoms in total. The largest absolute Gasteiger partial charge is 0.481 e. The molecule has 5 heteroatoms. The molecular formula is C16H22N4O. The molecule has 0 N–H and O–H groups in total. The minimum atomic E-state index is 0.371. The van der Waals surface area contributed by atoms with Crippen LogP contribution in [0, 0.1) is 6.92 Å². The first-order chi connectivity index (χ1) is 10.2. The van der Waals surface area contributed by atoms with Crippen LogP contribution in [0.4, 0.5) is 0 Å². The maximum absolute atomic E-state index is 5.57. The molecule has 2 aromatic rings. The highest BCUT2D eigenvalue weighted by molar-refractivity contribution is 5.35. The predicted molar refractivity (Wildman–Crippen MR) is 81.1 cm³/mol. The van der Waals surface area contributed by atoms with Crippen molar-refractivity contribution < 1.29 is 4.74 Å². The van der Waals surface area contributed by atoms with Gasteiger partial charge in [0.05, 0.1) is 24.1 Å². The zero-order valence-electron chi connectivity index (χ0n) is 12.9. The van der Waals surface area contributed by atoms with Gasteiger partial charge in [0.1, 0.15) is 0 Å². The molecular weight excluding hydrogens is 264 g/mol. The molecule has 112 valence electrons. The number of ether oxygens (including phenoxy) is 1. The Kier molecular flexibility index (Phi) is 3.92. The van der Waals surface area contributed by atoms with E-state index in [1.807, 2.05) is 30.1 Å². The number of nitrogens with zero attached hydrogens (tertiary/aromatic N) is 4. The lowest BCUT2D eigenvalue weighted by Crippen LogP contribution is -2.24. The Morgan fingerprint density at radius 2 is 2.24 bits per heavy atom. The van der Waals surface area contributed by atoms with Gasteiger partial charge in [0.25, 0.3) is 0 Å². The van der Waals surface area contributed by atoms with E-state index in [2.05, 4.69) is 28.0 Å². The number of rotatable bonds is 4. The Morgan fingerprint density at radius 1 is 1.38 bits per heavy atom. The molecule has 0 amide bonds. The van der Waals surface area contributed by atoms with E-state index < -0.39 is 0 Å². The molecule has 21 heavy (non-hydrogen) atoms. The Balaban J connectivity index is 1.87. The molecule has 1 saturated heterocycles. The quantitative estimate of drug-likeness (QED) is 0.866. The van der Waals surface area contributed by atoms with E-state index in [9.17, 15) is 0 Å². The van der Waals surface area contributed by atoms with E-state index in [-0.39, 0.29) is 0 Å². The third kappa shape index (κ3) is 2.65. The van der Waals surface area contributed by atoms with E-state index in [0.717, 1.165) is 36.8 Å². The van der Waals surface area contributed by atoms with Crippen LogP contribution in [0.5, 0.6) is 5.88 Å². The highest BCUT2D eigenvalue weighted by Gasteiger charge is 2.32. The van der Waals surface area contributed by atoms with Crippen LogP contribution in [0.15, 0.2) is 24.4 Å². The minimum Gasteiger partial charge on any atom is -0.481 e. The summed E-state index contributed by atoms with van der Waals surface area (Å²) in [4.78, 5) is 6.93. The molecule has 0 radical (unpaired) electrons. The smallest absolute Gasteiger partial charge is 0.216 e. The van der Waals surface area contributed by atoms with Crippen molar-refractivity contribution in [3.63, 3.8) is 0 Å². The standard InChI is InChI=1S/C16H22N4O/c1-12-15(16(21-3)19(2)18-12)14-8-6-10-20(14)11-13-7-4-5-9-17-13/h4-5,7,9,14H,6,8,10-11H2,1-3H3. The van der Waals surface area contributed by atoms with Crippen LogP contribution in [0.3, 0.4) is 0 Å². The Labute approximate surface area is 125 Å². The van der Waals surface area contributed by atoms with E-state index in [0.29, 0.717) is 6.04 Å². The van der Waals surface area contributed by atoms with E-state index >= 15 is 0 Å². The lowest BCUT2D eigenvalue weighted by Gasteiger charge is -2.24. The highest BCUT2D eigenvalue weighted by atomic mass is 16.5. The number of pyridine rings is 1. The van der Waals surface area contributed by atoms with Crippen molar-refractivity contribution in [1.82, 2.24) is 19.7 Å². The van der Waals surface area contributed by atoms with Crippen LogP contribution in [0.25, 0.3) is 0 Å². The average Bonchev–Trinajstić information content (AvgIpc) is 3.03. The van der Waals surface area contributed by atoms with E-state index in [1.165, 1.54) is 12.0 Å². The molecule has 1 atom stereocenters. The predicted octanol–water partition coefficient (Wildman–Crippen LogP) is 2.47. The number of methoxy groups -OCH3 is 1. The molecule has 1 fully saturated rings. The van der Waals surface area contributed by atoms with Gasteiger partial charge in [0.15, 0.2) is 0 Å². The molecule has 1 aliphatic rings. The van der Waals surface area contributed by atoms with Gasteiger partial charge in [-0.15, -0.1) is 0 Å². The first-order valence-corrected chi connectivity index (χ1v) is 7.42. The fraction of sp³-hybridized carbons (Fsp3) is 0.500. The van der Waals surface area contributed by atoms with Gasteiger partial charge in [-0.05, 0) is 38.4 Å². The summed E-state index contributed by atoms with van der Waals surface area (Å²) in [6.07, 6.45) is 4.21. The van der Waals surface area contributed by atoms with Crippen molar-refractivity contribution in [2.24, 2.45) is 7.05 Å². The number of likely N-dealkylation sites (tertiary alicyclic amines) is 1. The summed E-state index contributed by atoms with van der Waals surface area (Å²) >= 11 is 0. The van der Waals surface area contributed by atoms with Crippen molar-refractivity contribution in [3.8, 4) is 5.88 Å². The summed E-state index contributed by atoms with van der Waals surface area (Å²) in [6, 6.07) is 6.46. The average molecular weight is 286 g/mol. The minimum absolute atomic E-state index is 0.371. The van der Waals surface area contributed by atoms with Crippen molar-refractivity contribution in [1.29, 1.82) is 0 Å². The van der Waals surface area contributed by atoms with Crippen LogP contribution in [0.2, 0.25) is 0 Å². The third-order valence-electron chi connectivity index (χ3n) is 4.20. The number of hydrogen-bond donors (Lipinski definition) is 0. The lowest BCUT2D eigenvalue weighted by atomic mass is 10.0.